The maximum absolute atomic E-state index is 11.6. The van der Waals surface area contributed by atoms with Crippen LogP contribution in [0, 0.1) is 0 Å². The summed E-state index contributed by atoms with van der Waals surface area (Å²) in [5, 5.41) is 0. The first-order chi connectivity index (χ1) is 7.77. The fourth-order valence-electron chi connectivity index (χ4n) is 1.34. The van der Waals surface area contributed by atoms with Gasteiger partial charge in [-0.15, -0.1) is 0 Å². The number of ether oxygens (including phenoxy) is 1. The molecule has 0 amide bonds. The Kier molecular flexibility index (Phi) is 5.26. The zero-order valence-electron chi connectivity index (χ0n) is 9.39. The molecular formula is C13H16O3. The summed E-state index contributed by atoms with van der Waals surface area (Å²) in [5.41, 5.74) is 0.478. The molecule has 0 fully saturated rings. The molecule has 0 N–H and O–H groups in total. The Labute approximate surface area is 95.4 Å². The van der Waals surface area contributed by atoms with Crippen molar-refractivity contribution in [1.82, 2.24) is 0 Å². The Hall–Kier alpha value is -1.64. The molecule has 0 bridgehead atoms. The number of esters is 1. The molecule has 0 aliphatic rings. The van der Waals surface area contributed by atoms with Gasteiger partial charge in [0.2, 0.25) is 0 Å². The van der Waals surface area contributed by atoms with Crippen molar-refractivity contribution in [2.75, 3.05) is 0 Å². The van der Waals surface area contributed by atoms with Crippen LogP contribution in [-0.2, 0) is 9.53 Å². The summed E-state index contributed by atoms with van der Waals surface area (Å²) in [6.45, 7) is 2.03. The second kappa shape index (κ2) is 6.77. The van der Waals surface area contributed by atoms with Gasteiger partial charge in [0.1, 0.15) is 0 Å². The van der Waals surface area contributed by atoms with Crippen molar-refractivity contribution < 1.29 is 14.3 Å². The van der Waals surface area contributed by atoms with Gasteiger partial charge in [0.25, 0.3) is 0 Å². The molecule has 0 aliphatic heterocycles. The first kappa shape index (κ1) is 12.4. The van der Waals surface area contributed by atoms with Crippen LogP contribution in [0.2, 0.25) is 0 Å². The molecule has 0 spiro atoms. The van der Waals surface area contributed by atoms with Gasteiger partial charge in [-0.2, -0.15) is 0 Å². The van der Waals surface area contributed by atoms with E-state index in [4.69, 9.17) is 4.74 Å². The highest BCUT2D eigenvalue weighted by Crippen LogP contribution is 2.07. The third-order valence-corrected chi connectivity index (χ3v) is 2.26. The number of carbonyl (C=O) groups excluding carboxylic acids is 2. The van der Waals surface area contributed by atoms with Crippen LogP contribution >= 0.6 is 0 Å². The number of hydrogen-bond donors (Lipinski definition) is 0. The van der Waals surface area contributed by atoms with Crippen LogP contribution in [0.3, 0.4) is 0 Å². The first-order valence-corrected chi connectivity index (χ1v) is 5.49. The van der Waals surface area contributed by atoms with Crippen molar-refractivity contribution in [3.05, 3.63) is 35.9 Å². The molecule has 0 heterocycles. The maximum atomic E-state index is 11.6. The van der Waals surface area contributed by atoms with E-state index in [1.807, 2.05) is 13.0 Å². The minimum atomic E-state index is -0.618. The number of benzene rings is 1. The predicted molar refractivity (Wildman–Crippen MR) is 61.2 cm³/mol. The van der Waals surface area contributed by atoms with Gasteiger partial charge in [-0.25, -0.2) is 4.79 Å². The van der Waals surface area contributed by atoms with Gasteiger partial charge < -0.3 is 4.74 Å². The van der Waals surface area contributed by atoms with Crippen LogP contribution in [0.25, 0.3) is 0 Å². The average molecular weight is 220 g/mol. The molecule has 1 atom stereocenters. The van der Waals surface area contributed by atoms with E-state index in [9.17, 15) is 9.59 Å². The zero-order chi connectivity index (χ0) is 11.8. The molecule has 1 aromatic rings. The fourth-order valence-corrected chi connectivity index (χ4v) is 1.34. The summed E-state index contributed by atoms with van der Waals surface area (Å²) in [5.74, 6) is -0.436. The summed E-state index contributed by atoms with van der Waals surface area (Å²) in [6, 6.07) is 8.69. The van der Waals surface area contributed by atoms with Crippen LogP contribution in [0.5, 0.6) is 0 Å². The van der Waals surface area contributed by atoms with E-state index in [0.717, 1.165) is 12.8 Å². The van der Waals surface area contributed by atoms with Crippen molar-refractivity contribution in [3.63, 3.8) is 0 Å². The van der Waals surface area contributed by atoms with Crippen molar-refractivity contribution >= 4 is 12.3 Å². The number of rotatable bonds is 6. The normalized spacial score (nSPS) is 11.8. The summed E-state index contributed by atoms with van der Waals surface area (Å²) in [7, 11) is 0. The molecule has 3 nitrogen and oxygen atoms in total. The number of carbonyl (C=O) groups is 2. The number of aldehydes is 1. The van der Waals surface area contributed by atoms with Gasteiger partial charge in [-0.05, 0) is 25.0 Å². The molecule has 0 radical (unpaired) electrons. The zero-order valence-corrected chi connectivity index (χ0v) is 9.39. The van der Waals surface area contributed by atoms with Crippen LogP contribution in [0.4, 0.5) is 0 Å². The van der Waals surface area contributed by atoms with Crippen molar-refractivity contribution in [1.29, 1.82) is 0 Å². The number of unbranched alkanes of at least 4 members (excludes halogenated alkanes) is 1. The molecule has 0 saturated heterocycles. The van der Waals surface area contributed by atoms with Crippen molar-refractivity contribution in [3.8, 4) is 0 Å². The summed E-state index contributed by atoms with van der Waals surface area (Å²) >= 11 is 0. The highest BCUT2D eigenvalue weighted by molar-refractivity contribution is 5.90. The van der Waals surface area contributed by atoms with Crippen LogP contribution in [0.1, 0.15) is 36.5 Å². The molecule has 0 aliphatic carbocycles. The van der Waals surface area contributed by atoms with Gasteiger partial charge in [0.15, 0.2) is 12.4 Å². The standard InChI is InChI=1S/C13H16O3/c1-2-3-9-12(10-14)16-13(15)11-7-5-4-6-8-11/h4-8,10,12H,2-3,9H2,1H3/t12-/m0/s1. The Balaban J connectivity index is 2.52. The van der Waals surface area contributed by atoms with E-state index in [1.165, 1.54) is 0 Å². The molecule has 0 unspecified atom stereocenters. The Morgan fingerprint density at radius 3 is 2.62 bits per heavy atom. The molecule has 86 valence electrons. The van der Waals surface area contributed by atoms with Gasteiger partial charge in [-0.3, -0.25) is 4.79 Å². The van der Waals surface area contributed by atoms with Gasteiger partial charge in [0.05, 0.1) is 5.56 Å². The van der Waals surface area contributed by atoms with E-state index in [1.54, 1.807) is 24.3 Å². The van der Waals surface area contributed by atoms with Crippen LogP contribution in [-0.4, -0.2) is 18.4 Å². The Bertz CT molecular complexity index is 332. The quantitative estimate of drug-likeness (QED) is 0.546. The van der Waals surface area contributed by atoms with Crippen LogP contribution < -0.4 is 0 Å². The maximum Gasteiger partial charge on any atom is 0.338 e. The summed E-state index contributed by atoms with van der Waals surface area (Å²) in [4.78, 5) is 22.3. The van der Waals surface area contributed by atoms with E-state index < -0.39 is 12.1 Å². The molecule has 16 heavy (non-hydrogen) atoms. The van der Waals surface area contributed by atoms with E-state index in [0.29, 0.717) is 18.3 Å². The number of hydrogen-bond acceptors (Lipinski definition) is 3. The Morgan fingerprint density at radius 1 is 1.38 bits per heavy atom. The SMILES string of the molecule is CCCC[C@@H](C=O)OC(=O)c1ccccc1. The second-order valence-corrected chi connectivity index (χ2v) is 3.59. The molecule has 3 heteroatoms. The minimum absolute atomic E-state index is 0.436. The lowest BCUT2D eigenvalue weighted by Crippen LogP contribution is -2.19. The predicted octanol–water partition coefficient (Wildman–Crippen LogP) is 2.60. The molecule has 1 rings (SSSR count). The third kappa shape index (κ3) is 3.85. The third-order valence-electron chi connectivity index (χ3n) is 2.26. The lowest BCUT2D eigenvalue weighted by Gasteiger charge is -2.11. The van der Waals surface area contributed by atoms with Crippen molar-refractivity contribution in [2.45, 2.75) is 32.3 Å². The minimum Gasteiger partial charge on any atom is -0.451 e. The summed E-state index contributed by atoms with van der Waals surface area (Å²) < 4.78 is 5.08. The summed E-state index contributed by atoms with van der Waals surface area (Å²) in [6.07, 6.45) is 2.53. The van der Waals surface area contributed by atoms with Crippen molar-refractivity contribution in [2.24, 2.45) is 0 Å². The lowest BCUT2D eigenvalue weighted by atomic mass is 10.2. The van der Waals surface area contributed by atoms with E-state index in [-0.39, 0.29) is 0 Å². The largest absolute Gasteiger partial charge is 0.451 e. The second-order valence-electron chi connectivity index (χ2n) is 3.59. The van der Waals surface area contributed by atoms with E-state index in [2.05, 4.69) is 0 Å². The fraction of sp³-hybridized carbons (Fsp3) is 0.385. The lowest BCUT2D eigenvalue weighted by molar-refractivity contribution is -0.115. The van der Waals surface area contributed by atoms with Gasteiger partial charge in [0, 0.05) is 0 Å². The molecule has 1 aromatic carbocycles. The smallest absolute Gasteiger partial charge is 0.338 e. The molecule has 0 aromatic heterocycles. The monoisotopic (exact) mass is 220 g/mol. The molecule has 0 saturated carbocycles. The highest BCUT2D eigenvalue weighted by atomic mass is 16.5. The average Bonchev–Trinajstić information content (AvgIpc) is 2.35. The topological polar surface area (TPSA) is 43.4 Å². The van der Waals surface area contributed by atoms with Gasteiger partial charge in [-0.1, -0.05) is 31.5 Å². The highest BCUT2D eigenvalue weighted by Gasteiger charge is 2.14. The first-order valence-electron chi connectivity index (χ1n) is 5.49. The molecular weight excluding hydrogens is 204 g/mol. The Morgan fingerprint density at radius 2 is 2.06 bits per heavy atom. The van der Waals surface area contributed by atoms with Gasteiger partial charge >= 0.3 is 5.97 Å². The van der Waals surface area contributed by atoms with E-state index >= 15 is 0 Å². The van der Waals surface area contributed by atoms with Crippen LogP contribution in [0.15, 0.2) is 30.3 Å².